The monoisotopic (exact) mass is 446 g/mol. The Labute approximate surface area is 193 Å². The van der Waals surface area contributed by atoms with E-state index in [1.165, 1.54) is 19.8 Å². The second-order valence-corrected chi connectivity index (χ2v) is 10.2. The maximum absolute atomic E-state index is 13.3. The SMILES string of the molecule is CCC(O)C1(CCC(C)CCCC(C)C)Cc2c(C)c(C)c(OC(C)=O)c(C)c2C(=O)O1. The van der Waals surface area contributed by atoms with Crippen molar-refractivity contribution in [2.24, 2.45) is 11.8 Å². The smallest absolute Gasteiger partial charge is 0.339 e. The minimum Gasteiger partial charge on any atom is -0.452 e. The predicted molar refractivity (Wildman–Crippen MR) is 127 cm³/mol. The van der Waals surface area contributed by atoms with Gasteiger partial charge in [-0.2, -0.15) is 0 Å². The standard InChI is InChI=1S/C27H42O5/c1-9-23(29)27(14-13-17(4)12-10-11-16(2)3)15-22-18(5)19(6)25(31-21(8)28)20(7)24(22)26(30)32-27/h16-17,23,29H,9-15H2,1-8H3. The Kier molecular flexibility index (Phi) is 8.92. The number of benzene rings is 1. The lowest BCUT2D eigenvalue weighted by Crippen LogP contribution is -2.51. The van der Waals surface area contributed by atoms with E-state index in [0.717, 1.165) is 29.5 Å². The molecular formula is C27H42O5. The van der Waals surface area contributed by atoms with Gasteiger partial charge in [0.05, 0.1) is 11.7 Å². The van der Waals surface area contributed by atoms with Crippen LogP contribution in [0.25, 0.3) is 0 Å². The number of aliphatic hydroxyl groups excluding tert-OH is 1. The molecule has 1 aromatic carbocycles. The number of hydrogen-bond donors (Lipinski definition) is 1. The molecule has 0 saturated carbocycles. The van der Waals surface area contributed by atoms with Crippen LogP contribution in [-0.2, 0) is 16.0 Å². The molecule has 180 valence electrons. The van der Waals surface area contributed by atoms with Gasteiger partial charge >= 0.3 is 11.9 Å². The van der Waals surface area contributed by atoms with Gasteiger partial charge in [0.1, 0.15) is 11.4 Å². The molecule has 1 aliphatic heterocycles. The van der Waals surface area contributed by atoms with Crippen molar-refractivity contribution < 1.29 is 24.2 Å². The van der Waals surface area contributed by atoms with Crippen LogP contribution < -0.4 is 4.74 Å². The predicted octanol–water partition coefficient (Wildman–Crippen LogP) is 6.00. The number of aliphatic hydroxyl groups is 1. The zero-order valence-electron chi connectivity index (χ0n) is 21.3. The first-order chi connectivity index (χ1) is 14.9. The van der Waals surface area contributed by atoms with Gasteiger partial charge in [-0.25, -0.2) is 4.79 Å². The largest absolute Gasteiger partial charge is 0.452 e. The highest BCUT2D eigenvalue weighted by Crippen LogP contribution is 2.43. The van der Waals surface area contributed by atoms with Crippen molar-refractivity contribution in [3.8, 4) is 5.75 Å². The maximum atomic E-state index is 13.3. The van der Waals surface area contributed by atoms with Gasteiger partial charge in [-0.15, -0.1) is 0 Å². The summed E-state index contributed by atoms with van der Waals surface area (Å²) in [5.41, 5.74) is 2.88. The van der Waals surface area contributed by atoms with E-state index < -0.39 is 23.6 Å². The molecule has 0 radical (unpaired) electrons. The van der Waals surface area contributed by atoms with Crippen molar-refractivity contribution in [3.63, 3.8) is 0 Å². The van der Waals surface area contributed by atoms with Crippen molar-refractivity contribution in [1.82, 2.24) is 0 Å². The first kappa shape index (κ1) is 26.4. The van der Waals surface area contributed by atoms with E-state index >= 15 is 0 Å². The molecule has 0 aromatic heterocycles. The summed E-state index contributed by atoms with van der Waals surface area (Å²) in [6.45, 7) is 15.7. The van der Waals surface area contributed by atoms with Crippen molar-refractivity contribution in [2.75, 3.05) is 0 Å². The third-order valence-electron chi connectivity index (χ3n) is 7.13. The number of carbonyl (C=O) groups excluding carboxylic acids is 2. The molecule has 0 spiro atoms. The molecule has 3 unspecified atom stereocenters. The summed E-state index contributed by atoms with van der Waals surface area (Å²) >= 11 is 0. The molecule has 3 atom stereocenters. The molecule has 0 bridgehead atoms. The summed E-state index contributed by atoms with van der Waals surface area (Å²) in [4.78, 5) is 24.9. The molecule has 1 N–H and O–H groups in total. The third-order valence-corrected chi connectivity index (χ3v) is 7.13. The first-order valence-corrected chi connectivity index (χ1v) is 12.2. The normalized spacial score (nSPS) is 20.0. The van der Waals surface area contributed by atoms with Crippen LogP contribution in [-0.4, -0.2) is 28.8 Å². The first-order valence-electron chi connectivity index (χ1n) is 12.2. The molecule has 5 nitrogen and oxygen atoms in total. The second kappa shape index (κ2) is 10.8. The number of rotatable bonds is 10. The molecule has 1 aromatic rings. The number of carbonyl (C=O) groups is 2. The zero-order valence-corrected chi connectivity index (χ0v) is 21.3. The van der Waals surface area contributed by atoms with E-state index in [4.69, 9.17) is 9.47 Å². The van der Waals surface area contributed by atoms with E-state index in [0.29, 0.717) is 48.0 Å². The molecule has 32 heavy (non-hydrogen) atoms. The summed E-state index contributed by atoms with van der Waals surface area (Å²) in [7, 11) is 0. The fourth-order valence-electron chi connectivity index (χ4n) is 4.94. The lowest BCUT2D eigenvalue weighted by atomic mass is 9.76. The van der Waals surface area contributed by atoms with Crippen molar-refractivity contribution in [2.45, 2.75) is 112 Å². The molecule has 5 heteroatoms. The number of ether oxygens (including phenoxy) is 2. The van der Waals surface area contributed by atoms with E-state index in [2.05, 4.69) is 20.8 Å². The van der Waals surface area contributed by atoms with Crippen molar-refractivity contribution in [3.05, 3.63) is 27.8 Å². The Morgan fingerprint density at radius 1 is 1.09 bits per heavy atom. The second-order valence-electron chi connectivity index (χ2n) is 10.2. The average Bonchev–Trinajstić information content (AvgIpc) is 2.72. The van der Waals surface area contributed by atoms with Gasteiger partial charge in [0, 0.05) is 18.9 Å². The molecule has 1 aliphatic rings. The van der Waals surface area contributed by atoms with E-state index in [-0.39, 0.29) is 0 Å². The van der Waals surface area contributed by atoms with Crippen LogP contribution in [0.4, 0.5) is 0 Å². The molecular weight excluding hydrogens is 404 g/mol. The van der Waals surface area contributed by atoms with Crippen LogP contribution in [0.3, 0.4) is 0 Å². The molecule has 0 saturated heterocycles. The molecule has 0 aliphatic carbocycles. The van der Waals surface area contributed by atoms with Crippen LogP contribution in [0.2, 0.25) is 0 Å². The molecule has 1 heterocycles. The topological polar surface area (TPSA) is 72.8 Å². The molecule has 2 rings (SSSR count). The summed E-state index contributed by atoms with van der Waals surface area (Å²) in [5.74, 6) is 0.804. The average molecular weight is 447 g/mol. The van der Waals surface area contributed by atoms with Gasteiger partial charge in [-0.05, 0) is 68.6 Å². The lowest BCUT2D eigenvalue weighted by Gasteiger charge is -2.42. The Bertz CT molecular complexity index is 841. The Morgan fingerprint density at radius 2 is 1.75 bits per heavy atom. The molecule has 0 amide bonds. The van der Waals surface area contributed by atoms with Crippen LogP contribution in [0.15, 0.2) is 0 Å². The van der Waals surface area contributed by atoms with Gasteiger partial charge in [-0.3, -0.25) is 4.79 Å². The zero-order chi connectivity index (χ0) is 24.2. The van der Waals surface area contributed by atoms with Crippen molar-refractivity contribution in [1.29, 1.82) is 0 Å². The van der Waals surface area contributed by atoms with Crippen LogP contribution in [0.5, 0.6) is 5.75 Å². The number of esters is 2. The van der Waals surface area contributed by atoms with Crippen LogP contribution in [0.1, 0.15) is 106 Å². The Morgan fingerprint density at radius 3 is 2.31 bits per heavy atom. The Balaban J connectivity index is 2.36. The minimum atomic E-state index is -0.919. The fourth-order valence-corrected chi connectivity index (χ4v) is 4.94. The minimum absolute atomic E-state index is 0.415. The Hall–Kier alpha value is -1.88. The summed E-state index contributed by atoms with van der Waals surface area (Å²) in [6.07, 6.45) is 5.38. The quantitative estimate of drug-likeness (QED) is 0.352. The number of fused-ring (bicyclic) bond motifs is 1. The van der Waals surface area contributed by atoms with Crippen molar-refractivity contribution >= 4 is 11.9 Å². The lowest BCUT2D eigenvalue weighted by molar-refractivity contribution is -0.132. The van der Waals surface area contributed by atoms with Crippen LogP contribution >= 0.6 is 0 Å². The van der Waals surface area contributed by atoms with Gasteiger partial charge in [0.25, 0.3) is 0 Å². The van der Waals surface area contributed by atoms with Gasteiger partial charge < -0.3 is 14.6 Å². The molecule has 0 fully saturated rings. The van der Waals surface area contributed by atoms with E-state index in [1.807, 2.05) is 20.8 Å². The van der Waals surface area contributed by atoms with Gasteiger partial charge in [-0.1, -0.05) is 47.0 Å². The highest BCUT2D eigenvalue weighted by atomic mass is 16.6. The van der Waals surface area contributed by atoms with Crippen LogP contribution in [0, 0.1) is 32.6 Å². The summed E-state index contributed by atoms with van der Waals surface area (Å²) in [6, 6.07) is 0. The number of hydrogen-bond acceptors (Lipinski definition) is 5. The fraction of sp³-hybridized carbons (Fsp3) is 0.704. The highest BCUT2D eigenvalue weighted by Gasteiger charge is 2.47. The van der Waals surface area contributed by atoms with Gasteiger partial charge in [0.2, 0.25) is 0 Å². The third kappa shape index (κ3) is 5.72. The van der Waals surface area contributed by atoms with Gasteiger partial charge in [0.15, 0.2) is 0 Å². The summed E-state index contributed by atoms with van der Waals surface area (Å²) in [5, 5.41) is 11.0. The maximum Gasteiger partial charge on any atom is 0.339 e. The highest BCUT2D eigenvalue weighted by molar-refractivity contribution is 5.96. The van der Waals surface area contributed by atoms with E-state index in [9.17, 15) is 14.7 Å². The number of cyclic esters (lactones) is 1. The summed E-state index contributed by atoms with van der Waals surface area (Å²) < 4.78 is 11.5. The van der Waals surface area contributed by atoms with E-state index in [1.54, 1.807) is 6.92 Å².